The summed E-state index contributed by atoms with van der Waals surface area (Å²) in [4.78, 5) is 25.5. The Hall–Kier alpha value is -1.28. The molecule has 0 aliphatic heterocycles. The zero-order valence-corrected chi connectivity index (χ0v) is 46.7. The molecule has 0 fully saturated rings. The number of carbonyl (C=O) groups is 1. The lowest BCUT2D eigenvalue weighted by Crippen LogP contribution is -2.45. The zero-order chi connectivity index (χ0) is 49.9. The van der Waals surface area contributed by atoms with Crippen LogP contribution in [0.1, 0.15) is 284 Å². The molecule has 8 nitrogen and oxygen atoms in total. The molecule has 2 N–H and O–H groups in total. The summed E-state index contributed by atoms with van der Waals surface area (Å²) in [6, 6.07) is -0.908. The first-order valence-corrected chi connectivity index (χ1v) is 30.8. The number of likely N-dealkylation sites (N-methyl/N-ethyl adjacent to an activating group) is 1. The number of nitrogens with one attached hydrogen (secondary N) is 1. The van der Waals surface area contributed by atoms with Gasteiger partial charge in [-0.05, 0) is 44.9 Å². The Labute approximate surface area is 423 Å². The van der Waals surface area contributed by atoms with Crippen molar-refractivity contribution in [2.45, 2.75) is 296 Å². The number of phosphoric acid groups is 1. The molecule has 0 radical (unpaired) electrons. The van der Waals surface area contributed by atoms with E-state index in [9.17, 15) is 19.4 Å². The molecule has 3 atom stereocenters. The molecule has 0 aromatic carbocycles. The van der Waals surface area contributed by atoms with Crippen molar-refractivity contribution in [1.82, 2.24) is 5.32 Å². The number of hydrogen-bond donors (Lipinski definition) is 2. The molecule has 0 aliphatic rings. The number of aliphatic hydroxyl groups excluding tert-OH is 1. The molecule has 0 saturated heterocycles. The number of hydrogen-bond acceptors (Lipinski definition) is 6. The Balaban J connectivity index is 4.24. The van der Waals surface area contributed by atoms with Crippen molar-refractivity contribution in [2.24, 2.45) is 0 Å². The van der Waals surface area contributed by atoms with Crippen molar-refractivity contribution in [3.63, 3.8) is 0 Å². The molecule has 0 aliphatic carbocycles. The number of carbonyl (C=O) groups excluding carboxylic acids is 1. The average molecular weight is 980 g/mol. The third-order valence-electron chi connectivity index (χ3n) is 13.3. The minimum atomic E-state index is -4.61. The van der Waals surface area contributed by atoms with Crippen LogP contribution in [0.5, 0.6) is 0 Å². The molecule has 0 spiro atoms. The monoisotopic (exact) mass is 979 g/mol. The van der Waals surface area contributed by atoms with Crippen LogP contribution in [0.25, 0.3) is 0 Å². The lowest BCUT2D eigenvalue weighted by molar-refractivity contribution is -0.870. The molecule has 9 heteroatoms. The van der Waals surface area contributed by atoms with Crippen LogP contribution >= 0.6 is 7.82 Å². The molecular formula is C59H115N2O6P. The van der Waals surface area contributed by atoms with Crippen molar-refractivity contribution >= 4 is 13.7 Å². The van der Waals surface area contributed by atoms with Crippen molar-refractivity contribution in [3.8, 4) is 0 Å². The summed E-state index contributed by atoms with van der Waals surface area (Å²) in [7, 11) is 1.25. The highest BCUT2D eigenvalue weighted by molar-refractivity contribution is 7.45. The maximum atomic E-state index is 13.0. The van der Waals surface area contributed by atoms with Gasteiger partial charge in [0.1, 0.15) is 13.2 Å². The highest BCUT2D eigenvalue weighted by Crippen LogP contribution is 2.38. The Morgan fingerprint density at radius 3 is 1.19 bits per heavy atom. The van der Waals surface area contributed by atoms with Gasteiger partial charge in [-0.15, -0.1) is 0 Å². The van der Waals surface area contributed by atoms with Crippen molar-refractivity contribution in [2.75, 3.05) is 40.9 Å². The van der Waals surface area contributed by atoms with Gasteiger partial charge in [-0.25, -0.2) is 0 Å². The van der Waals surface area contributed by atoms with Gasteiger partial charge < -0.3 is 28.8 Å². The minimum Gasteiger partial charge on any atom is -0.756 e. The second kappa shape index (κ2) is 50.7. The van der Waals surface area contributed by atoms with Crippen LogP contribution in [0.2, 0.25) is 0 Å². The normalized spacial score (nSPS) is 14.2. The first-order chi connectivity index (χ1) is 33.0. The maximum absolute atomic E-state index is 13.0. The van der Waals surface area contributed by atoms with Crippen LogP contribution in [0.4, 0.5) is 0 Å². The van der Waals surface area contributed by atoms with Gasteiger partial charge in [0.25, 0.3) is 7.82 Å². The van der Waals surface area contributed by atoms with E-state index in [1.807, 2.05) is 27.2 Å². The number of allylic oxidation sites excluding steroid dienone is 5. The highest BCUT2D eigenvalue weighted by Gasteiger charge is 2.23. The summed E-state index contributed by atoms with van der Waals surface area (Å²) < 4.78 is 23.3. The maximum Gasteiger partial charge on any atom is 0.268 e. The van der Waals surface area contributed by atoms with E-state index in [-0.39, 0.29) is 12.5 Å². The topological polar surface area (TPSA) is 108 Å². The van der Waals surface area contributed by atoms with Gasteiger partial charge in [0, 0.05) is 6.42 Å². The number of amides is 1. The van der Waals surface area contributed by atoms with Gasteiger partial charge in [0.05, 0.1) is 39.9 Å². The minimum absolute atomic E-state index is 0.00734. The van der Waals surface area contributed by atoms with Gasteiger partial charge in [0.15, 0.2) is 0 Å². The largest absolute Gasteiger partial charge is 0.756 e. The van der Waals surface area contributed by atoms with Crippen LogP contribution < -0.4 is 10.2 Å². The zero-order valence-electron chi connectivity index (χ0n) is 45.8. The third-order valence-corrected chi connectivity index (χ3v) is 14.3. The van der Waals surface area contributed by atoms with E-state index in [2.05, 4.69) is 43.5 Å². The Bertz CT molecular complexity index is 1200. The number of rotatable bonds is 54. The Kier molecular flexibility index (Phi) is 49.7. The van der Waals surface area contributed by atoms with E-state index in [0.29, 0.717) is 17.4 Å². The fraction of sp³-hybridized carbons (Fsp3) is 0.881. The van der Waals surface area contributed by atoms with Crippen LogP contribution in [0.15, 0.2) is 36.5 Å². The fourth-order valence-corrected chi connectivity index (χ4v) is 9.44. The molecule has 0 aromatic rings. The predicted octanol–water partition coefficient (Wildman–Crippen LogP) is 17.1. The summed E-state index contributed by atoms with van der Waals surface area (Å²) >= 11 is 0. The summed E-state index contributed by atoms with van der Waals surface area (Å²) in [6.45, 7) is 4.66. The highest BCUT2D eigenvalue weighted by atomic mass is 31.2. The second-order valence-electron chi connectivity index (χ2n) is 21.3. The number of quaternary nitrogens is 1. The molecule has 3 unspecified atom stereocenters. The molecule has 0 saturated carbocycles. The molecule has 1 amide bonds. The number of nitrogens with zero attached hydrogens (tertiary/aromatic N) is 1. The molecule has 402 valence electrons. The van der Waals surface area contributed by atoms with Gasteiger partial charge in [-0.2, -0.15) is 0 Å². The fourth-order valence-electron chi connectivity index (χ4n) is 8.72. The van der Waals surface area contributed by atoms with Gasteiger partial charge in [0.2, 0.25) is 5.91 Å². The van der Waals surface area contributed by atoms with Crippen LogP contribution in [-0.2, 0) is 18.4 Å². The van der Waals surface area contributed by atoms with Crippen LogP contribution in [0, 0.1) is 0 Å². The van der Waals surface area contributed by atoms with E-state index < -0.39 is 26.6 Å². The predicted molar refractivity (Wildman–Crippen MR) is 293 cm³/mol. The summed E-state index contributed by atoms with van der Waals surface area (Å²) in [5, 5.41) is 13.9. The molecule has 0 aromatic heterocycles. The number of aliphatic hydroxyl groups is 1. The number of unbranched alkanes of at least 4 members (excludes halogenated alkanes) is 37. The van der Waals surface area contributed by atoms with Crippen molar-refractivity contribution in [1.29, 1.82) is 0 Å². The SMILES string of the molecule is CCCCCCCCCCCCCC/C=C/CC/C=C/CC/C=C/C(O)C(COP(=O)([O-])OCC[N+](C)(C)C)NC(=O)CCCCCCCCCCCCCCCCCCCCCCCCCC. The lowest BCUT2D eigenvalue weighted by Gasteiger charge is -2.29. The third kappa shape index (κ3) is 52.5. The van der Waals surface area contributed by atoms with E-state index in [0.717, 1.165) is 44.9 Å². The molecule has 0 rings (SSSR count). The smallest absolute Gasteiger partial charge is 0.268 e. The molecular weight excluding hydrogens is 864 g/mol. The van der Waals surface area contributed by atoms with Crippen LogP contribution in [0.3, 0.4) is 0 Å². The molecule has 0 bridgehead atoms. The number of phosphoric ester groups is 1. The van der Waals surface area contributed by atoms with E-state index >= 15 is 0 Å². The Morgan fingerprint density at radius 2 is 0.824 bits per heavy atom. The van der Waals surface area contributed by atoms with Gasteiger partial charge in [-0.3, -0.25) is 9.36 Å². The first kappa shape index (κ1) is 66.7. The van der Waals surface area contributed by atoms with Crippen molar-refractivity contribution in [3.05, 3.63) is 36.5 Å². The quantitative estimate of drug-likeness (QED) is 0.0272. The standard InChI is InChI=1S/C59H115N2O6P/c1-6-8-10-12-14-16-18-20-22-24-26-28-30-31-33-35-37-39-41-43-45-47-49-51-53-59(63)60-57(56-67-68(64,65)66-55-54-61(3,4)5)58(62)52-50-48-46-44-42-40-38-36-34-32-29-27-25-23-21-19-17-15-13-11-9-7-2/h34,36,42,44,50,52,57-58,62H,6-33,35,37-41,43,45-49,51,53-56H2,1-5H3,(H-,60,63,64,65)/b36-34+,44-42+,52-50+. The van der Waals surface area contributed by atoms with Gasteiger partial charge >= 0.3 is 0 Å². The summed E-state index contributed by atoms with van der Waals surface area (Å²) in [5.41, 5.74) is 0. The molecule has 0 heterocycles. The van der Waals surface area contributed by atoms with Gasteiger partial charge in [-0.1, -0.05) is 269 Å². The van der Waals surface area contributed by atoms with E-state index in [1.54, 1.807) is 6.08 Å². The van der Waals surface area contributed by atoms with Crippen molar-refractivity contribution < 1.29 is 32.9 Å². The summed E-state index contributed by atoms with van der Waals surface area (Å²) in [6.07, 6.45) is 65.1. The lowest BCUT2D eigenvalue weighted by atomic mass is 10.0. The second-order valence-corrected chi connectivity index (χ2v) is 22.8. The molecule has 68 heavy (non-hydrogen) atoms. The Morgan fingerprint density at radius 1 is 0.500 bits per heavy atom. The average Bonchev–Trinajstić information content (AvgIpc) is 3.30. The van der Waals surface area contributed by atoms with E-state index in [4.69, 9.17) is 9.05 Å². The van der Waals surface area contributed by atoms with Crippen LogP contribution in [-0.4, -0.2) is 68.5 Å². The van der Waals surface area contributed by atoms with E-state index in [1.165, 1.54) is 218 Å². The first-order valence-electron chi connectivity index (χ1n) is 29.4. The summed E-state index contributed by atoms with van der Waals surface area (Å²) in [5.74, 6) is -0.206.